The van der Waals surface area contributed by atoms with Crippen molar-refractivity contribution < 1.29 is 18.7 Å². The number of alkyl halides is 1. The van der Waals surface area contributed by atoms with Gasteiger partial charge < -0.3 is 19.7 Å². The molecule has 10 heteroatoms. The second-order valence-electron chi connectivity index (χ2n) is 9.32. The van der Waals surface area contributed by atoms with Crippen LogP contribution in [0.25, 0.3) is 17.2 Å². The Morgan fingerprint density at radius 3 is 2.76 bits per heavy atom. The number of carbonyl (C=O) groups is 1. The van der Waals surface area contributed by atoms with E-state index in [0.29, 0.717) is 23.0 Å². The fraction of sp³-hybridized carbons (Fsp3) is 0.478. The molecular formula is C23H29FN6O3. The lowest BCUT2D eigenvalue weighted by atomic mass is 10.2. The van der Waals surface area contributed by atoms with Crippen LogP contribution in [0.3, 0.4) is 0 Å². The molecule has 0 saturated carbocycles. The molecule has 1 aliphatic rings. The molecule has 0 aromatic carbocycles. The van der Waals surface area contributed by atoms with E-state index in [1.54, 1.807) is 39.2 Å². The van der Waals surface area contributed by atoms with Crippen LogP contribution in [0.4, 0.5) is 15.0 Å². The van der Waals surface area contributed by atoms with Crippen LogP contribution >= 0.6 is 0 Å². The summed E-state index contributed by atoms with van der Waals surface area (Å²) in [4.78, 5) is 27.0. The molecule has 1 aliphatic heterocycles. The predicted molar refractivity (Wildman–Crippen MR) is 122 cm³/mol. The van der Waals surface area contributed by atoms with Crippen molar-refractivity contribution in [1.82, 2.24) is 24.3 Å². The van der Waals surface area contributed by atoms with Gasteiger partial charge in [0.2, 0.25) is 0 Å². The molecule has 176 valence electrons. The van der Waals surface area contributed by atoms with E-state index >= 15 is 0 Å². The number of halogens is 1. The molecule has 0 spiro atoms. The summed E-state index contributed by atoms with van der Waals surface area (Å²) in [6.07, 6.45) is 3.44. The SMILES string of the molecule is CC(C)Oc1ccn2c(-c3nccc(N[C@H]4CN(C(=O)OC(C)(C)C)C[C@@H]4F)n3)cnc2c1. The van der Waals surface area contributed by atoms with Crippen LogP contribution in [-0.4, -0.2) is 67.4 Å². The number of amides is 1. The van der Waals surface area contributed by atoms with Gasteiger partial charge in [-0.05, 0) is 46.8 Å². The van der Waals surface area contributed by atoms with E-state index in [2.05, 4.69) is 20.3 Å². The van der Waals surface area contributed by atoms with Crippen molar-refractivity contribution in [2.24, 2.45) is 0 Å². The van der Waals surface area contributed by atoms with Gasteiger partial charge in [-0.15, -0.1) is 0 Å². The number of ether oxygens (including phenoxy) is 2. The number of hydrogen-bond acceptors (Lipinski definition) is 7. The molecule has 3 aromatic rings. The lowest BCUT2D eigenvalue weighted by molar-refractivity contribution is 0.0283. The third-order valence-electron chi connectivity index (χ3n) is 4.97. The van der Waals surface area contributed by atoms with Crippen molar-refractivity contribution in [2.45, 2.75) is 58.5 Å². The molecule has 0 bridgehead atoms. The monoisotopic (exact) mass is 456 g/mol. The van der Waals surface area contributed by atoms with Gasteiger partial charge in [0, 0.05) is 25.0 Å². The lowest BCUT2D eigenvalue weighted by Gasteiger charge is -2.24. The zero-order chi connectivity index (χ0) is 23.8. The highest BCUT2D eigenvalue weighted by Gasteiger charge is 2.37. The van der Waals surface area contributed by atoms with Crippen LogP contribution in [0, 0.1) is 0 Å². The number of hydrogen-bond donors (Lipinski definition) is 1. The molecule has 2 atom stereocenters. The summed E-state index contributed by atoms with van der Waals surface area (Å²) in [5.41, 5.74) is 0.771. The largest absolute Gasteiger partial charge is 0.491 e. The quantitative estimate of drug-likeness (QED) is 0.621. The van der Waals surface area contributed by atoms with Crippen molar-refractivity contribution in [3.8, 4) is 17.3 Å². The second kappa shape index (κ2) is 8.84. The first-order valence-corrected chi connectivity index (χ1v) is 10.9. The minimum Gasteiger partial charge on any atom is -0.491 e. The lowest BCUT2D eigenvalue weighted by Crippen LogP contribution is -2.36. The summed E-state index contributed by atoms with van der Waals surface area (Å²) in [6.45, 7) is 9.43. The summed E-state index contributed by atoms with van der Waals surface area (Å²) in [7, 11) is 0. The van der Waals surface area contributed by atoms with E-state index in [-0.39, 0.29) is 19.2 Å². The van der Waals surface area contributed by atoms with Crippen molar-refractivity contribution in [3.63, 3.8) is 0 Å². The van der Waals surface area contributed by atoms with Crippen molar-refractivity contribution in [1.29, 1.82) is 0 Å². The molecule has 1 N–H and O–H groups in total. The fourth-order valence-corrected chi connectivity index (χ4v) is 3.60. The highest BCUT2D eigenvalue weighted by molar-refractivity contribution is 5.69. The Balaban J connectivity index is 1.49. The Morgan fingerprint density at radius 1 is 1.24 bits per heavy atom. The molecule has 1 amide bonds. The number of rotatable bonds is 5. The Kier molecular flexibility index (Phi) is 6.09. The Bertz CT molecular complexity index is 1140. The van der Waals surface area contributed by atoms with Gasteiger partial charge in [0.25, 0.3) is 0 Å². The average Bonchev–Trinajstić information content (AvgIpc) is 3.30. The Labute approximate surface area is 192 Å². The van der Waals surface area contributed by atoms with Crippen LogP contribution in [0.15, 0.2) is 36.8 Å². The Hall–Kier alpha value is -3.43. The molecule has 33 heavy (non-hydrogen) atoms. The maximum absolute atomic E-state index is 14.6. The minimum atomic E-state index is -1.24. The first-order chi connectivity index (χ1) is 15.6. The number of anilines is 1. The van der Waals surface area contributed by atoms with Gasteiger partial charge in [-0.2, -0.15) is 0 Å². The number of nitrogens with zero attached hydrogens (tertiary/aromatic N) is 5. The van der Waals surface area contributed by atoms with Crippen molar-refractivity contribution in [2.75, 3.05) is 18.4 Å². The van der Waals surface area contributed by atoms with Gasteiger partial charge in [0.15, 0.2) is 5.82 Å². The first-order valence-electron chi connectivity index (χ1n) is 10.9. The average molecular weight is 457 g/mol. The van der Waals surface area contributed by atoms with Gasteiger partial charge in [0.05, 0.1) is 24.9 Å². The maximum atomic E-state index is 14.6. The molecule has 1 fully saturated rings. The number of nitrogens with one attached hydrogen (secondary N) is 1. The minimum absolute atomic E-state index is 0.0292. The number of carbonyl (C=O) groups excluding carboxylic acids is 1. The second-order valence-corrected chi connectivity index (χ2v) is 9.32. The molecule has 0 unspecified atom stereocenters. The van der Waals surface area contributed by atoms with Gasteiger partial charge in [-0.1, -0.05) is 0 Å². The van der Waals surface area contributed by atoms with Gasteiger partial charge in [-0.25, -0.2) is 24.1 Å². The third kappa shape index (κ3) is 5.32. The number of imidazole rings is 1. The van der Waals surface area contributed by atoms with Crippen molar-refractivity contribution >= 4 is 17.6 Å². The van der Waals surface area contributed by atoms with E-state index in [4.69, 9.17) is 9.47 Å². The van der Waals surface area contributed by atoms with Crippen LogP contribution in [0.2, 0.25) is 0 Å². The number of likely N-dealkylation sites (tertiary alicyclic amines) is 1. The molecule has 4 rings (SSSR count). The van der Waals surface area contributed by atoms with Crippen LogP contribution in [0.1, 0.15) is 34.6 Å². The topological polar surface area (TPSA) is 93.9 Å². The van der Waals surface area contributed by atoms with E-state index in [0.717, 1.165) is 5.75 Å². The van der Waals surface area contributed by atoms with Gasteiger partial charge >= 0.3 is 6.09 Å². The molecule has 4 heterocycles. The number of fused-ring (bicyclic) bond motifs is 1. The predicted octanol–water partition coefficient (Wildman–Crippen LogP) is 3.95. The number of aromatic nitrogens is 4. The summed E-state index contributed by atoms with van der Waals surface area (Å²) in [6, 6.07) is 4.78. The highest BCUT2D eigenvalue weighted by Crippen LogP contribution is 2.24. The normalized spacial score (nSPS) is 18.7. The summed E-state index contributed by atoms with van der Waals surface area (Å²) in [5, 5.41) is 3.09. The van der Waals surface area contributed by atoms with Gasteiger partial charge in [-0.3, -0.25) is 4.40 Å². The summed E-state index contributed by atoms with van der Waals surface area (Å²) >= 11 is 0. The first kappa shape index (κ1) is 22.8. The summed E-state index contributed by atoms with van der Waals surface area (Å²) in [5.74, 6) is 1.64. The van der Waals surface area contributed by atoms with E-state index in [9.17, 15) is 9.18 Å². The highest BCUT2D eigenvalue weighted by atomic mass is 19.1. The number of pyridine rings is 1. The molecule has 9 nitrogen and oxygen atoms in total. The molecule has 0 aliphatic carbocycles. The summed E-state index contributed by atoms with van der Waals surface area (Å²) < 4.78 is 27.6. The van der Waals surface area contributed by atoms with Crippen LogP contribution < -0.4 is 10.1 Å². The molecule has 3 aromatic heterocycles. The zero-order valence-corrected chi connectivity index (χ0v) is 19.4. The van der Waals surface area contributed by atoms with Crippen LogP contribution in [0.5, 0.6) is 5.75 Å². The molecular weight excluding hydrogens is 427 g/mol. The van der Waals surface area contributed by atoms with Crippen LogP contribution in [-0.2, 0) is 4.74 Å². The van der Waals surface area contributed by atoms with E-state index < -0.39 is 23.9 Å². The van der Waals surface area contributed by atoms with Gasteiger partial charge in [0.1, 0.15) is 34.7 Å². The maximum Gasteiger partial charge on any atom is 0.410 e. The standard InChI is InChI=1S/C23H29FN6O3/c1-14(2)32-15-7-9-30-18(11-26-20(30)10-15)21-25-8-6-19(28-21)27-17-13-29(12-16(17)24)22(31)33-23(3,4)5/h6-11,14,16-17H,12-13H2,1-5H3,(H,25,27,28)/t16-,17-/m0/s1. The van der Waals surface area contributed by atoms with Crippen molar-refractivity contribution in [3.05, 3.63) is 36.8 Å². The third-order valence-corrected chi connectivity index (χ3v) is 4.97. The fourth-order valence-electron chi connectivity index (χ4n) is 3.60. The zero-order valence-electron chi connectivity index (χ0n) is 19.4. The van der Waals surface area contributed by atoms with E-state index in [1.165, 1.54) is 4.90 Å². The smallest absolute Gasteiger partial charge is 0.410 e. The van der Waals surface area contributed by atoms with E-state index in [1.807, 2.05) is 36.6 Å². The molecule has 1 saturated heterocycles. The molecule has 0 radical (unpaired) electrons. The Morgan fingerprint density at radius 2 is 2.03 bits per heavy atom.